The quantitative estimate of drug-likeness (QED) is 0.285. The van der Waals surface area contributed by atoms with E-state index < -0.39 is 0 Å². The molecule has 0 spiro atoms. The second-order valence-electron chi connectivity index (χ2n) is 6.89. The molecule has 1 aliphatic rings. The van der Waals surface area contributed by atoms with Gasteiger partial charge in [-0.05, 0) is 30.2 Å². The second-order valence-corrected chi connectivity index (χ2v) is 6.89. The summed E-state index contributed by atoms with van der Waals surface area (Å²) in [5, 5.41) is 3.31. The van der Waals surface area contributed by atoms with Crippen LogP contribution in [0.25, 0.3) is 11.5 Å². The molecule has 1 aromatic heterocycles. The molecule has 2 atom stereocenters. The number of halogens is 2. The maximum Gasteiger partial charge on any atom is 0.310 e. The van der Waals surface area contributed by atoms with Crippen molar-refractivity contribution in [2.45, 2.75) is 13.3 Å². The van der Waals surface area contributed by atoms with Crippen LogP contribution in [0.5, 0.6) is 0 Å². The molecule has 1 aliphatic heterocycles. The fraction of sp³-hybridized carbons (Fsp3) is 0.450. The fourth-order valence-electron chi connectivity index (χ4n) is 3.38. The number of oxazole rings is 1. The van der Waals surface area contributed by atoms with Gasteiger partial charge in [-0.1, -0.05) is 6.92 Å². The van der Waals surface area contributed by atoms with Crippen LogP contribution in [0.2, 0.25) is 0 Å². The third kappa shape index (κ3) is 5.68. The number of esters is 1. The van der Waals surface area contributed by atoms with Gasteiger partial charge in [-0.15, -0.1) is 24.0 Å². The minimum atomic E-state index is -0.295. The lowest BCUT2D eigenvalue weighted by molar-refractivity contribution is -0.145. The van der Waals surface area contributed by atoms with Gasteiger partial charge in [-0.3, -0.25) is 9.79 Å². The molecular formula is C20H26FIN4O3. The van der Waals surface area contributed by atoms with Crippen molar-refractivity contribution in [2.75, 3.05) is 33.8 Å². The maximum absolute atomic E-state index is 13.0. The van der Waals surface area contributed by atoms with Crippen LogP contribution in [0.4, 0.5) is 4.39 Å². The van der Waals surface area contributed by atoms with Gasteiger partial charge in [0.2, 0.25) is 5.89 Å². The van der Waals surface area contributed by atoms with Gasteiger partial charge in [0.25, 0.3) is 0 Å². The highest BCUT2D eigenvalue weighted by atomic mass is 127. The predicted molar refractivity (Wildman–Crippen MR) is 119 cm³/mol. The summed E-state index contributed by atoms with van der Waals surface area (Å²) in [4.78, 5) is 22.7. The Morgan fingerprint density at radius 2 is 2.10 bits per heavy atom. The molecule has 2 heterocycles. The number of methoxy groups -OCH3 is 1. The number of hydrogen-bond acceptors (Lipinski definition) is 5. The summed E-state index contributed by atoms with van der Waals surface area (Å²) < 4.78 is 23.4. The zero-order valence-corrected chi connectivity index (χ0v) is 19.1. The van der Waals surface area contributed by atoms with Crippen molar-refractivity contribution in [3.8, 4) is 11.5 Å². The fourth-order valence-corrected chi connectivity index (χ4v) is 3.38. The largest absolute Gasteiger partial charge is 0.469 e. The number of hydrogen-bond donors (Lipinski definition) is 1. The molecule has 0 amide bonds. The number of benzene rings is 1. The number of ether oxygens (including phenoxy) is 1. The van der Waals surface area contributed by atoms with E-state index in [0.29, 0.717) is 25.4 Å². The molecule has 29 heavy (non-hydrogen) atoms. The van der Waals surface area contributed by atoms with E-state index in [2.05, 4.69) is 20.2 Å². The van der Waals surface area contributed by atoms with E-state index in [4.69, 9.17) is 9.15 Å². The number of guanidine groups is 1. The van der Waals surface area contributed by atoms with E-state index in [0.717, 1.165) is 23.8 Å². The third-order valence-electron chi connectivity index (χ3n) is 4.93. The van der Waals surface area contributed by atoms with E-state index in [1.807, 2.05) is 6.92 Å². The minimum absolute atomic E-state index is 0. The first-order chi connectivity index (χ1) is 13.5. The van der Waals surface area contributed by atoms with E-state index in [1.165, 1.54) is 19.2 Å². The zero-order valence-electron chi connectivity index (χ0n) is 16.7. The lowest BCUT2D eigenvalue weighted by Crippen LogP contribution is -2.41. The van der Waals surface area contributed by atoms with Crippen molar-refractivity contribution in [2.24, 2.45) is 16.8 Å². The summed E-state index contributed by atoms with van der Waals surface area (Å²) in [6, 6.07) is 6.03. The Hall–Kier alpha value is -2.17. The number of carbonyl (C=O) groups is 1. The number of nitrogens with one attached hydrogen (secondary N) is 1. The highest BCUT2D eigenvalue weighted by molar-refractivity contribution is 14.0. The molecule has 0 bridgehead atoms. The smallest absolute Gasteiger partial charge is 0.310 e. The number of aliphatic imine (C=N–C) groups is 1. The summed E-state index contributed by atoms with van der Waals surface area (Å²) in [7, 11) is 3.14. The monoisotopic (exact) mass is 516 g/mol. The first-order valence-electron chi connectivity index (χ1n) is 9.25. The predicted octanol–water partition coefficient (Wildman–Crippen LogP) is 2.96. The lowest BCUT2D eigenvalue weighted by Gasteiger charge is -2.21. The van der Waals surface area contributed by atoms with Crippen molar-refractivity contribution >= 4 is 35.9 Å². The van der Waals surface area contributed by atoms with E-state index >= 15 is 0 Å². The molecule has 0 saturated carbocycles. The average Bonchev–Trinajstić information content (AvgIpc) is 3.32. The highest BCUT2D eigenvalue weighted by Gasteiger charge is 2.36. The number of carbonyl (C=O) groups excluding carboxylic acids is 1. The van der Waals surface area contributed by atoms with Crippen LogP contribution in [-0.4, -0.2) is 55.6 Å². The van der Waals surface area contributed by atoms with Crippen molar-refractivity contribution in [1.29, 1.82) is 0 Å². The third-order valence-corrected chi connectivity index (χ3v) is 4.93. The Balaban J connectivity index is 0.00000300. The van der Waals surface area contributed by atoms with Crippen LogP contribution < -0.4 is 5.32 Å². The molecule has 1 N–H and O–H groups in total. The Morgan fingerprint density at radius 3 is 2.76 bits per heavy atom. The molecular weight excluding hydrogens is 490 g/mol. The molecule has 0 radical (unpaired) electrons. The van der Waals surface area contributed by atoms with Gasteiger partial charge in [0, 0.05) is 38.7 Å². The molecule has 1 saturated heterocycles. The molecule has 158 valence electrons. The van der Waals surface area contributed by atoms with Crippen LogP contribution in [0, 0.1) is 17.7 Å². The second kappa shape index (κ2) is 10.6. The molecule has 2 unspecified atom stereocenters. The van der Waals surface area contributed by atoms with Crippen LogP contribution in [0.3, 0.4) is 0 Å². The number of likely N-dealkylation sites (tertiary alicyclic amines) is 1. The maximum atomic E-state index is 13.0. The summed E-state index contributed by atoms with van der Waals surface area (Å²) >= 11 is 0. The minimum Gasteiger partial charge on any atom is -0.469 e. The molecule has 9 heteroatoms. The van der Waals surface area contributed by atoms with Crippen LogP contribution in [0.1, 0.15) is 12.6 Å². The van der Waals surface area contributed by atoms with Gasteiger partial charge >= 0.3 is 5.97 Å². The van der Waals surface area contributed by atoms with Gasteiger partial charge in [0.15, 0.2) is 5.96 Å². The Labute approximate surface area is 186 Å². The first-order valence-corrected chi connectivity index (χ1v) is 9.25. The molecule has 0 aliphatic carbocycles. The highest BCUT2D eigenvalue weighted by Crippen LogP contribution is 2.24. The van der Waals surface area contributed by atoms with Gasteiger partial charge in [0.1, 0.15) is 12.1 Å². The van der Waals surface area contributed by atoms with Gasteiger partial charge in [-0.2, -0.15) is 0 Å². The Kier molecular flexibility index (Phi) is 8.42. The van der Waals surface area contributed by atoms with Crippen LogP contribution in [-0.2, 0) is 16.0 Å². The van der Waals surface area contributed by atoms with Gasteiger partial charge in [-0.25, -0.2) is 9.37 Å². The Morgan fingerprint density at radius 1 is 1.38 bits per heavy atom. The zero-order chi connectivity index (χ0) is 20.1. The van der Waals surface area contributed by atoms with E-state index in [9.17, 15) is 9.18 Å². The molecule has 7 nitrogen and oxygen atoms in total. The average molecular weight is 516 g/mol. The van der Waals surface area contributed by atoms with E-state index in [1.54, 1.807) is 25.4 Å². The summed E-state index contributed by atoms with van der Waals surface area (Å²) in [5.41, 5.74) is 1.53. The normalized spacial score (nSPS) is 19.0. The van der Waals surface area contributed by atoms with Crippen molar-refractivity contribution in [1.82, 2.24) is 15.2 Å². The topological polar surface area (TPSA) is 80.0 Å². The first kappa shape index (κ1) is 23.1. The van der Waals surface area contributed by atoms with E-state index in [-0.39, 0.29) is 47.6 Å². The molecule has 1 aromatic carbocycles. The number of aromatic nitrogens is 1. The van der Waals surface area contributed by atoms with Crippen molar-refractivity contribution < 1.29 is 18.3 Å². The van der Waals surface area contributed by atoms with Crippen LogP contribution >= 0.6 is 24.0 Å². The summed E-state index contributed by atoms with van der Waals surface area (Å²) in [5.74, 6) is 0.810. The van der Waals surface area contributed by atoms with Crippen LogP contribution in [0.15, 0.2) is 39.9 Å². The number of nitrogens with zero attached hydrogens (tertiary/aromatic N) is 3. The van der Waals surface area contributed by atoms with Crippen molar-refractivity contribution in [3.63, 3.8) is 0 Å². The molecule has 2 aromatic rings. The molecule has 3 rings (SSSR count). The SMILES string of the molecule is CN=C(NCCc1coc(-c2ccc(F)cc2)n1)N1CC(C)C(C(=O)OC)C1.I. The Bertz CT molecular complexity index is 841. The van der Waals surface area contributed by atoms with Gasteiger partial charge in [0.05, 0.1) is 18.7 Å². The standard InChI is InChI=1S/C20H25FN4O3.HI/c1-13-10-25(11-17(13)19(26)27-3)20(22-2)23-9-8-16-12-28-18(24-16)14-4-6-15(21)7-5-14;/h4-7,12-13,17H,8-11H2,1-3H3,(H,22,23);1H. The summed E-state index contributed by atoms with van der Waals surface area (Å²) in [6.45, 7) is 4.00. The number of rotatable bonds is 5. The van der Waals surface area contributed by atoms with Gasteiger partial charge < -0.3 is 19.4 Å². The lowest BCUT2D eigenvalue weighted by atomic mass is 9.99. The molecule has 1 fully saturated rings. The summed E-state index contributed by atoms with van der Waals surface area (Å²) in [6.07, 6.45) is 2.25. The van der Waals surface area contributed by atoms with Crippen molar-refractivity contribution in [3.05, 3.63) is 42.0 Å².